The Morgan fingerprint density at radius 2 is 2.03 bits per heavy atom. The van der Waals surface area contributed by atoms with Crippen LogP contribution in [0.25, 0.3) is 6.08 Å². The summed E-state index contributed by atoms with van der Waals surface area (Å²) in [7, 11) is 2.79. The van der Waals surface area contributed by atoms with Gasteiger partial charge >= 0.3 is 5.97 Å². The first-order chi connectivity index (χ1) is 16.5. The van der Waals surface area contributed by atoms with Crippen molar-refractivity contribution in [2.24, 2.45) is 0 Å². The number of rotatable bonds is 6. The number of fused-ring (bicyclic) bond motifs is 1. The Kier molecular flexibility index (Phi) is 7.52. The molecule has 0 spiro atoms. The summed E-state index contributed by atoms with van der Waals surface area (Å²) in [5.74, 6) is 0.331. The summed E-state index contributed by atoms with van der Waals surface area (Å²) in [5.41, 5.74) is 0.825. The molecular weight excluding hydrogens is 438 g/mol. The Balaban J connectivity index is 1.61. The van der Waals surface area contributed by atoms with Gasteiger partial charge in [-0.15, -0.1) is 0 Å². The van der Waals surface area contributed by atoms with Crippen LogP contribution in [-0.4, -0.2) is 72.7 Å². The molecule has 0 aliphatic carbocycles. The Labute approximate surface area is 198 Å². The van der Waals surface area contributed by atoms with Gasteiger partial charge in [-0.2, -0.15) is 0 Å². The fraction of sp³-hybridized carbons (Fsp3) is 0.480. The number of hydrogen-bond acceptors (Lipinski definition) is 7. The minimum absolute atomic E-state index is 0.195. The number of amides is 1. The van der Waals surface area contributed by atoms with Gasteiger partial charge in [0, 0.05) is 50.9 Å². The highest BCUT2D eigenvalue weighted by Crippen LogP contribution is 2.28. The summed E-state index contributed by atoms with van der Waals surface area (Å²) in [6.07, 6.45) is 8.32. The molecule has 9 heteroatoms. The maximum atomic E-state index is 13.8. The number of hydrogen-bond donors (Lipinski definition) is 0. The monoisotopic (exact) mass is 469 g/mol. The Morgan fingerprint density at radius 1 is 1.18 bits per heavy atom. The van der Waals surface area contributed by atoms with Gasteiger partial charge in [0.15, 0.2) is 0 Å². The van der Waals surface area contributed by atoms with Gasteiger partial charge in [0.25, 0.3) is 11.5 Å². The van der Waals surface area contributed by atoms with Crippen molar-refractivity contribution in [3.63, 3.8) is 0 Å². The normalized spacial score (nSPS) is 19.0. The van der Waals surface area contributed by atoms with Crippen LogP contribution < -0.4 is 10.3 Å². The molecule has 1 atom stereocenters. The predicted molar refractivity (Wildman–Crippen MR) is 126 cm³/mol. The van der Waals surface area contributed by atoms with E-state index in [0.717, 1.165) is 18.6 Å². The maximum Gasteiger partial charge on any atom is 0.328 e. The Bertz CT molecular complexity index is 1100. The van der Waals surface area contributed by atoms with Crippen molar-refractivity contribution in [1.82, 2.24) is 14.4 Å². The number of furan rings is 1. The van der Waals surface area contributed by atoms with Crippen LogP contribution in [0.4, 0.5) is 0 Å². The van der Waals surface area contributed by atoms with Crippen molar-refractivity contribution in [2.75, 3.05) is 40.4 Å². The van der Waals surface area contributed by atoms with Crippen LogP contribution in [-0.2, 0) is 22.5 Å². The quantitative estimate of drug-likeness (QED) is 0.599. The zero-order valence-corrected chi connectivity index (χ0v) is 19.7. The standard InChI is InChI=1S/C25H31N3O6/c1-32-21-17-22(29)27-15-14-26(11-5-7-18-8-6-16-34-18)13-10-19(27)23(21)24(30)28-12-4-3-9-20(28)25(31)33-2/h5-8,16-17,20H,3-4,9-15H2,1-2H3/b7-5+/t20-/m0/s1. The minimum Gasteiger partial charge on any atom is -0.496 e. The number of methoxy groups -OCH3 is 2. The van der Waals surface area contributed by atoms with Gasteiger partial charge in [0.2, 0.25) is 0 Å². The highest BCUT2D eigenvalue weighted by Gasteiger charge is 2.36. The number of piperidine rings is 1. The van der Waals surface area contributed by atoms with E-state index in [1.54, 1.807) is 15.7 Å². The topological polar surface area (TPSA) is 94.2 Å². The summed E-state index contributed by atoms with van der Waals surface area (Å²) in [6.45, 7) is 2.97. The second-order valence-electron chi connectivity index (χ2n) is 8.53. The third kappa shape index (κ3) is 4.94. The molecule has 0 unspecified atom stereocenters. The van der Waals surface area contributed by atoms with Gasteiger partial charge in [0.1, 0.15) is 23.1 Å². The highest BCUT2D eigenvalue weighted by molar-refractivity contribution is 6.00. The average Bonchev–Trinajstić information content (AvgIpc) is 3.29. The first-order valence-electron chi connectivity index (χ1n) is 11.7. The number of carbonyl (C=O) groups excluding carboxylic acids is 2. The number of aromatic nitrogens is 1. The van der Waals surface area contributed by atoms with E-state index in [-0.39, 0.29) is 17.2 Å². The largest absolute Gasteiger partial charge is 0.496 e. The molecule has 2 aromatic rings. The second kappa shape index (κ2) is 10.7. The zero-order chi connectivity index (χ0) is 24.1. The van der Waals surface area contributed by atoms with Crippen LogP contribution in [0.2, 0.25) is 0 Å². The van der Waals surface area contributed by atoms with Crippen molar-refractivity contribution in [3.8, 4) is 5.75 Å². The molecule has 2 aliphatic rings. The number of carbonyl (C=O) groups is 2. The highest BCUT2D eigenvalue weighted by atomic mass is 16.5. The Hall–Kier alpha value is -3.33. The van der Waals surface area contributed by atoms with Crippen molar-refractivity contribution >= 4 is 18.0 Å². The summed E-state index contributed by atoms with van der Waals surface area (Å²) >= 11 is 0. The summed E-state index contributed by atoms with van der Waals surface area (Å²) in [4.78, 5) is 42.8. The van der Waals surface area contributed by atoms with Crippen molar-refractivity contribution in [1.29, 1.82) is 0 Å². The van der Waals surface area contributed by atoms with Gasteiger partial charge in [-0.05, 0) is 37.5 Å². The predicted octanol–water partition coefficient (Wildman–Crippen LogP) is 2.19. The van der Waals surface area contributed by atoms with Gasteiger partial charge in [-0.3, -0.25) is 14.5 Å². The molecule has 0 radical (unpaired) electrons. The van der Waals surface area contributed by atoms with Crippen molar-refractivity contribution < 1.29 is 23.5 Å². The second-order valence-corrected chi connectivity index (χ2v) is 8.53. The molecular formula is C25H31N3O6. The third-order valence-corrected chi connectivity index (χ3v) is 6.55. The zero-order valence-electron chi connectivity index (χ0n) is 19.7. The van der Waals surface area contributed by atoms with E-state index in [0.29, 0.717) is 56.8 Å². The van der Waals surface area contributed by atoms with Crippen LogP contribution in [0.5, 0.6) is 5.75 Å². The lowest BCUT2D eigenvalue weighted by Gasteiger charge is -2.34. The van der Waals surface area contributed by atoms with Crippen molar-refractivity contribution in [3.05, 3.63) is 57.9 Å². The molecule has 1 amide bonds. The molecule has 4 heterocycles. The summed E-state index contributed by atoms with van der Waals surface area (Å²) < 4.78 is 17.4. The third-order valence-electron chi connectivity index (χ3n) is 6.55. The van der Waals surface area contributed by atoms with E-state index >= 15 is 0 Å². The van der Waals surface area contributed by atoms with Crippen LogP contribution in [0, 0.1) is 0 Å². The molecule has 0 saturated carbocycles. The SMILES string of the molecule is COC(=O)[C@@H]1CCCCN1C(=O)c1c(OC)cc(=O)n2c1CCN(C/C=C/c1ccco1)CC2. The fourth-order valence-corrected chi connectivity index (χ4v) is 4.77. The average molecular weight is 470 g/mol. The van der Waals surface area contributed by atoms with E-state index in [9.17, 15) is 14.4 Å². The lowest BCUT2D eigenvalue weighted by molar-refractivity contribution is -0.147. The first-order valence-corrected chi connectivity index (χ1v) is 11.7. The molecule has 2 aliphatic heterocycles. The Morgan fingerprint density at radius 3 is 2.76 bits per heavy atom. The molecule has 9 nitrogen and oxygen atoms in total. The number of pyridine rings is 1. The lowest BCUT2D eigenvalue weighted by Crippen LogP contribution is -2.49. The molecule has 1 fully saturated rings. The van der Waals surface area contributed by atoms with Crippen LogP contribution in [0.15, 0.2) is 39.7 Å². The summed E-state index contributed by atoms with van der Waals surface area (Å²) in [6, 6.07) is 4.48. The molecule has 0 N–H and O–H groups in total. The van der Waals surface area contributed by atoms with Gasteiger partial charge in [0.05, 0.1) is 20.5 Å². The fourth-order valence-electron chi connectivity index (χ4n) is 4.77. The van der Waals surface area contributed by atoms with E-state index in [1.807, 2.05) is 24.3 Å². The number of likely N-dealkylation sites (tertiary alicyclic amines) is 1. The van der Waals surface area contributed by atoms with Gasteiger partial charge < -0.3 is 23.4 Å². The smallest absolute Gasteiger partial charge is 0.328 e. The number of esters is 1. The van der Waals surface area contributed by atoms with E-state index in [2.05, 4.69) is 4.90 Å². The van der Waals surface area contributed by atoms with E-state index < -0.39 is 12.0 Å². The van der Waals surface area contributed by atoms with Crippen LogP contribution >= 0.6 is 0 Å². The van der Waals surface area contributed by atoms with E-state index in [4.69, 9.17) is 13.9 Å². The number of nitrogens with zero attached hydrogens (tertiary/aromatic N) is 3. The van der Waals surface area contributed by atoms with Crippen LogP contribution in [0.1, 0.15) is 41.1 Å². The van der Waals surface area contributed by atoms with Crippen LogP contribution in [0.3, 0.4) is 0 Å². The molecule has 0 aromatic carbocycles. The molecule has 34 heavy (non-hydrogen) atoms. The minimum atomic E-state index is -0.627. The summed E-state index contributed by atoms with van der Waals surface area (Å²) in [5, 5.41) is 0. The maximum absolute atomic E-state index is 13.8. The molecule has 4 rings (SSSR count). The van der Waals surface area contributed by atoms with Crippen molar-refractivity contribution in [2.45, 2.75) is 38.3 Å². The first kappa shape index (κ1) is 23.8. The lowest BCUT2D eigenvalue weighted by atomic mass is 9.99. The molecule has 0 bridgehead atoms. The van der Waals surface area contributed by atoms with Gasteiger partial charge in [-0.25, -0.2) is 4.79 Å². The van der Waals surface area contributed by atoms with Gasteiger partial charge in [-0.1, -0.05) is 6.08 Å². The molecule has 2 aromatic heterocycles. The molecule has 1 saturated heterocycles. The van der Waals surface area contributed by atoms with E-state index in [1.165, 1.54) is 20.3 Å². The number of ether oxygens (including phenoxy) is 2. The molecule has 182 valence electrons.